The fourth-order valence-corrected chi connectivity index (χ4v) is 4.69. The Kier molecular flexibility index (Phi) is 3.68. The average molecular weight is 344 g/mol. The fourth-order valence-electron chi connectivity index (χ4n) is 3.74. The molecule has 0 unspecified atom stereocenters. The second-order valence-corrected chi connectivity index (χ2v) is 7.77. The molecule has 2 aliphatic rings. The predicted octanol–water partition coefficient (Wildman–Crippen LogP) is 2.22. The zero-order chi connectivity index (χ0) is 16.7. The standard InChI is InChI=1S/C17H20N4O2S/c1-20-9-5-17(16(20)23)6-10-21(11-7-17)15(22)14-3-2-13(24-14)12-4-8-18-19-12/h2-4,8H,5-7,9-11H2,1H3,(H,18,19). The zero-order valence-corrected chi connectivity index (χ0v) is 14.4. The van der Waals surface area contributed by atoms with Gasteiger partial charge < -0.3 is 9.80 Å². The van der Waals surface area contributed by atoms with Gasteiger partial charge in [0.15, 0.2) is 0 Å². The van der Waals surface area contributed by atoms with Crippen molar-refractivity contribution in [2.75, 3.05) is 26.7 Å². The molecule has 0 aliphatic carbocycles. The van der Waals surface area contributed by atoms with Crippen molar-refractivity contribution in [3.8, 4) is 10.6 Å². The molecule has 7 heteroatoms. The predicted molar refractivity (Wildman–Crippen MR) is 91.7 cm³/mol. The van der Waals surface area contributed by atoms with Crippen LogP contribution in [0.25, 0.3) is 10.6 Å². The lowest BCUT2D eigenvalue weighted by Crippen LogP contribution is -2.46. The number of hydrogen-bond donors (Lipinski definition) is 1. The van der Waals surface area contributed by atoms with Gasteiger partial charge in [-0.3, -0.25) is 14.7 Å². The van der Waals surface area contributed by atoms with Gasteiger partial charge in [0.1, 0.15) is 0 Å². The molecule has 24 heavy (non-hydrogen) atoms. The van der Waals surface area contributed by atoms with E-state index in [2.05, 4.69) is 10.2 Å². The second-order valence-electron chi connectivity index (χ2n) is 6.68. The minimum absolute atomic E-state index is 0.0689. The van der Waals surface area contributed by atoms with Gasteiger partial charge in [-0.25, -0.2) is 0 Å². The molecule has 0 radical (unpaired) electrons. The first-order valence-electron chi connectivity index (χ1n) is 8.23. The van der Waals surface area contributed by atoms with Crippen molar-refractivity contribution >= 4 is 23.2 Å². The summed E-state index contributed by atoms with van der Waals surface area (Å²) < 4.78 is 0. The lowest BCUT2D eigenvalue weighted by atomic mass is 9.77. The van der Waals surface area contributed by atoms with E-state index >= 15 is 0 Å². The first kappa shape index (κ1) is 15.4. The number of aromatic nitrogens is 2. The van der Waals surface area contributed by atoms with Crippen LogP contribution in [0.4, 0.5) is 0 Å². The van der Waals surface area contributed by atoms with Crippen molar-refractivity contribution in [2.45, 2.75) is 19.3 Å². The molecule has 0 saturated carbocycles. The van der Waals surface area contributed by atoms with Crippen molar-refractivity contribution in [3.63, 3.8) is 0 Å². The minimum Gasteiger partial charge on any atom is -0.345 e. The molecule has 0 bridgehead atoms. The third-order valence-corrected chi connectivity index (χ3v) is 6.42. The SMILES string of the molecule is CN1CCC2(CCN(C(=O)c3ccc(-c4ccn[nH]4)s3)CC2)C1=O. The Bertz CT molecular complexity index is 759. The monoisotopic (exact) mass is 344 g/mol. The number of amides is 2. The van der Waals surface area contributed by atoms with E-state index in [0.29, 0.717) is 13.1 Å². The summed E-state index contributed by atoms with van der Waals surface area (Å²) in [5.41, 5.74) is 0.707. The first-order valence-corrected chi connectivity index (χ1v) is 9.05. The van der Waals surface area contributed by atoms with Crippen molar-refractivity contribution < 1.29 is 9.59 Å². The molecular formula is C17H20N4O2S. The Labute approximate surface area is 144 Å². The first-order chi connectivity index (χ1) is 11.6. The summed E-state index contributed by atoms with van der Waals surface area (Å²) in [6.45, 7) is 2.16. The highest BCUT2D eigenvalue weighted by atomic mass is 32.1. The summed E-state index contributed by atoms with van der Waals surface area (Å²) in [5, 5.41) is 6.87. The average Bonchev–Trinajstić information content (AvgIpc) is 3.33. The van der Waals surface area contributed by atoms with E-state index in [0.717, 1.165) is 41.3 Å². The Balaban J connectivity index is 1.44. The molecule has 4 heterocycles. The summed E-state index contributed by atoms with van der Waals surface area (Å²) in [7, 11) is 1.87. The molecule has 0 atom stereocenters. The van der Waals surface area contributed by atoms with Crippen LogP contribution in [0.1, 0.15) is 28.9 Å². The minimum atomic E-state index is -0.220. The molecule has 2 fully saturated rings. The summed E-state index contributed by atoms with van der Waals surface area (Å²) in [5.74, 6) is 0.326. The number of thiophene rings is 1. The van der Waals surface area contributed by atoms with Gasteiger partial charge in [-0.1, -0.05) is 0 Å². The van der Waals surface area contributed by atoms with Crippen molar-refractivity contribution in [2.24, 2.45) is 5.41 Å². The van der Waals surface area contributed by atoms with Crippen LogP contribution in [-0.2, 0) is 4.79 Å². The molecule has 1 spiro atoms. The van der Waals surface area contributed by atoms with Crippen LogP contribution < -0.4 is 0 Å². The normalized spacial score (nSPS) is 20.1. The number of H-pyrrole nitrogens is 1. The van der Waals surface area contributed by atoms with Crippen LogP contribution in [0.3, 0.4) is 0 Å². The Morgan fingerprint density at radius 2 is 1.96 bits per heavy atom. The number of carbonyl (C=O) groups excluding carboxylic acids is 2. The Morgan fingerprint density at radius 3 is 2.58 bits per heavy atom. The third-order valence-electron chi connectivity index (χ3n) is 5.32. The van der Waals surface area contributed by atoms with Gasteiger partial charge in [-0.05, 0) is 37.5 Å². The molecule has 0 aromatic carbocycles. The van der Waals surface area contributed by atoms with Gasteiger partial charge in [-0.2, -0.15) is 5.10 Å². The van der Waals surface area contributed by atoms with E-state index in [4.69, 9.17) is 0 Å². The number of carbonyl (C=O) groups is 2. The topological polar surface area (TPSA) is 69.3 Å². The molecule has 4 rings (SSSR count). The molecule has 2 aromatic rings. The van der Waals surface area contributed by atoms with E-state index in [1.54, 1.807) is 6.20 Å². The molecule has 2 aromatic heterocycles. The largest absolute Gasteiger partial charge is 0.345 e. The van der Waals surface area contributed by atoms with Gasteiger partial charge in [-0.15, -0.1) is 11.3 Å². The molecule has 1 N–H and O–H groups in total. The number of aromatic amines is 1. The van der Waals surface area contributed by atoms with Gasteiger partial charge >= 0.3 is 0 Å². The molecular weight excluding hydrogens is 324 g/mol. The number of nitrogens with zero attached hydrogens (tertiary/aromatic N) is 3. The van der Waals surface area contributed by atoms with Crippen molar-refractivity contribution in [3.05, 3.63) is 29.3 Å². The number of likely N-dealkylation sites (tertiary alicyclic amines) is 2. The molecule has 6 nitrogen and oxygen atoms in total. The molecule has 2 aliphatic heterocycles. The highest BCUT2D eigenvalue weighted by molar-refractivity contribution is 7.17. The summed E-state index contributed by atoms with van der Waals surface area (Å²) in [6, 6.07) is 5.72. The van der Waals surface area contributed by atoms with Gasteiger partial charge in [0, 0.05) is 32.9 Å². The van der Waals surface area contributed by atoms with Gasteiger partial charge in [0.2, 0.25) is 5.91 Å². The summed E-state index contributed by atoms with van der Waals surface area (Å²) >= 11 is 1.48. The van der Waals surface area contributed by atoms with E-state index in [9.17, 15) is 9.59 Å². The zero-order valence-electron chi connectivity index (χ0n) is 13.6. The van der Waals surface area contributed by atoms with Crippen LogP contribution in [0.2, 0.25) is 0 Å². The molecule has 2 saturated heterocycles. The number of piperidine rings is 1. The Hall–Kier alpha value is -2.15. The lowest BCUT2D eigenvalue weighted by Gasteiger charge is -2.37. The van der Waals surface area contributed by atoms with E-state index in [-0.39, 0.29) is 17.2 Å². The van der Waals surface area contributed by atoms with Crippen LogP contribution in [0.15, 0.2) is 24.4 Å². The van der Waals surface area contributed by atoms with Gasteiger partial charge in [0.25, 0.3) is 5.91 Å². The van der Waals surface area contributed by atoms with Crippen LogP contribution in [0, 0.1) is 5.41 Å². The fraction of sp³-hybridized carbons (Fsp3) is 0.471. The number of nitrogens with one attached hydrogen (secondary N) is 1. The van der Waals surface area contributed by atoms with Crippen LogP contribution >= 0.6 is 11.3 Å². The quantitative estimate of drug-likeness (QED) is 0.908. The van der Waals surface area contributed by atoms with Crippen LogP contribution in [0.5, 0.6) is 0 Å². The summed E-state index contributed by atoms with van der Waals surface area (Å²) in [4.78, 5) is 30.6. The molecule has 126 valence electrons. The lowest BCUT2D eigenvalue weighted by molar-refractivity contribution is -0.137. The Morgan fingerprint density at radius 1 is 1.21 bits per heavy atom. The maximum Gasteiger partial charge on any atom is 0.263 e. The maximum atomic E-state index is 12.7. The van der Waals surface area contributed by atoms with E-state index < -0.39 is 0 Å². The van der Waals surface area contributed by atoms with E-state index in [1.807, 2.05) is 35.0 Å². The third kappa shape index (κ3) is 2.43. The van der Waals surface area contributed by atoms with Crippen molar-refractivity contribution in [1.82, 2.24) is 20.0 Å². The highest BCUT2D eigenvalue weighted by Gasteiger charge is 2.47. The highest BCUT2D eigenvalue weighted by Crippen LogP contribution is 2.41. The second kappa shape index (κ2) is 5.73. The van der Waals surface area contributed by atoms with E-state index in [1.165, 1.54) is 11.3 Å². The van der Waals surface area contributed by atoms with Crippen LogP contribution in [-0.4, -0.2) is 58.5 Å². The maximum absolute atomic E-state index is 12.7. The molecule has 2 amide bonds. The number of rotatable bonds is 2. The smallest absolute Gasteiger partial charge is 0.263 e. The number of hydrogen-bond acceptors (Lipinski definition) is 4. The van der Waals surface area contributed by atoms with Crippen molar-refractivity contribution in [1.29, 1.82) is 0 Å². The summed E-state index contributed by atoms with van der Waals surface area (Å²) in [6.07, 6.45) is 4.19. The van der Waals surface area contributed by atoms with Gasteiger partial charge in [0.05, 0.1) is 20.9 Å².